The first-order chi connectivity index (χ1) is 15.3. The van der Waals surface area contributed by atoms with Gasteiger partial charge in [-0.2, -0.15) is 0 Å². The van der Waals surface area contributed by atoms with Crippen molar-refractivity contribution in [3.05, 3.63) is 18.2 Å². The zero-order chi connectivity index (χ0) is 22.4. The highest BCUT2D eigenvalue weighted by Crippen LogP contribution is 2.26. The molecule has 0 saturated carbocycles. The Balaban J connectivity index is 2.00. The molecule has 1 N–H and O–H groups in total. The number of imidazole rings is 1. The number of H-pyrrole nitrogens is 1. The van der Waals surface area contributed by atoms with Crippen LogP contribution in [-0.4, -0.2) is 4.98 Å². The summed E-state index contributed by atoms with van der Waals surface area (Å²) in [4.78, 5) is 3.52. The van der Waals surface area contributed by atoms with E-state index in [1.165, 1.54) is 147 Å². The first-order valence-electron chi connectivity index (χ1n) is 14.3. The van der Waals surface area contributed by atoms with Gasteiger partial charge in [-0.25, -0.2) is 9.55 Å². The molecule has 0 saturated heterocycles. The van der Waals surface area contributed by atoms with Gasteiger partial charge in [0.2, 0.25) is 0 Å². The molecule has 0 unspecified atom stereocenters. The van der Waals surface area contributed by atoms with Crippen molar-refractivity contribution >= 4 is 0 Å². The van der Waals surface area contributed by atoms with Crippen LogP contribution in [0.4, 0.5) is 0 Å². The fraction of sp³-hybridized carbons (Fsp3) is 0.897. The molecule has 1 heterocycles. The molecular formula is C29H57N2+. The van der Waals surface area contributed by atoms with E-state index in [0.29, 0.717) is 0 Å². The number of nitrogens with one attached hydrogen (secondary N) is 1. The van der Waals surface area contributed by atoms with Crippen molar-refractivity contribution in [2.75, 3.05) is 0 Å². The predicted molar refractivity (Wildman–Crippen MR) is 138 cm³/mol. The highest BCUT2D eigenvalue weighted by atomic mass is 15.0. The topological polar surface area (TPSA) is 19.7 Å². The van der Waals surface area contributed by atoms with Gasteiger partial charge >= 0.3 is 0 Å². The van der Waals surface area contributed by atoms with Crippen LogP contribution in [0.2, 0.25) is 0 Å². The van der Waals surface area contributed by atoms with Crippen molar-refractivity contribution in [2.24, 2.45) is 7.05 Å². The van der Waals surface area contributed by atoms with Crippen LogP contribution in [0, 0.1) is 0 Å². The van der Waals surface area contributed by atoms with Crippen molar-refractivity contribution in [1.82, 2.24) is 4.98 Å². The molecule has 2 nitrogen and oxygen atoms in total. The minimum atomic E-state index is 0.726. The third-order valence-corrected chi connectivity index (χ3v) is 7.11. The predicted octanol–water partition coefficient (Wildman–Crippen LogP) is 9.54. The van der Waals surface area contributed by atoms with E-state index in [9.17, 15) is 0 Å². The molecule has 0 aliphatic carbocycles. The molecule has 1 aromatic rings. The molecule has 0 fully saturated rings. The third kappa shape index (κ3) is 15.6. The van der Waals surface area contributed by atoms with Gasteiger partial charge in [0, 0.05) is 0 Å². The molecule has 2 heteroatoms. The van der Waals surface area contributed by atoms with E-state index < -0.39 is 0 Å². The van der Waals surface area contributed by atoms with Gasteiger partial charge in [-0.3, -0.25) is 0 Å². The summed E-state index contributed by atoms with van der Waals surface area (Å²) >= 11 is 0. The second kappa shape index (κ2) is 21.1. The Morgan fingerprint density at radius 3 is 1.26 bits per heavy atom. The van der Waals surface area contributed by atoms with Crippen LogP contribution in [0.5, 0.6) is 0 Å². The summed E-state index contributed by atoms with van der Waals surface area (Å²) in [6, 6.07) is 0. The molecule has 0 aliphatic heterocycles. The lowest BCUT2D eigenvalue weighted by Crippen LogP contribution is -2.32. The van der Waals surface area contributed by atoms with Crippen LogP contribution in [0.1, 0.15) is 167 Å². The SMILES string of the molecule is CCCCCCCCCCCCCCCCC[C@H](CCCCCCC)c1[nH]cc[n+]1C. The first-order valence-corrected chi connectivity index (χ1v) is 14.3. The van der Waals surface area contributed by atoms with Gasteiger partial charge in [0.25, 0.3) is 5.82 Å². The average Bonchev–Trinajstić information content (AvgIpc) is 3.20. The van der Waals surface area contributed by atoms with Gasteiger partial charge in [0.1, 0.15) is 12.4 Å². The molecule has 0 bridgehead atoms. The normalized spacial score (nSPS) is 12.5. The van der Waals surface area contributed by atoms with E-state index in [4.69, 9.17) is 0 Å². The van der Waals surface area contributed by atoms with Gasteiger partial charge in [-0.05, 0) is 12.8 Å². The second-order valence-corrected chi connectivity index (χ2v) is 10.1. The number of nitrogens with zero attached hydrogens (tertiary/aromatic N) is 1. The molecule has 0 amide bonds. The number of hydrogen-bond acceptors (Lipinski definition) is 0. The number of hydrogen-bond donors (Lipinski definition) is 1. The lowest BCUT2D eigenvalue weighted by molar-refractivity contribution is -0.679. The van der Waals surface area contributed by atoms with Crippen LogP contribution < -0.4 is 4.57 Å². The molecule has 0 spiro atoms. The maximum absolute atomic E-state index is 3.52. The summed E-state index contributed by atoms with van der Waals surface area (Å²) in [6.07, 6.45) is 35.7. The van der Waals surface area contributed by atoms with Crippen LogP contribution in [0.3, 0.4) is 0 Å². The maximum Gasteiger partial charge on any atom is 0.257 e. The van der Waals surface area contributed by atoms with Crippen LogP contribution >= 0.6 is 0 Å². The van der Waals surface area contributed by atoms with E-state index in [1.807, 2.05) is 0 Å². The fourth-order valence-electron chi connectivity index (χ4n) is 5.00. The number of aromatic amines is 1. The monoisotopic (exact) mass is 433 g/mol. The van der Waals surface area contributed by atoms with Crippen molar-refractivity contribution < 1.29 is 4.57 Å². The van der Waals surface area contributed by atoms with Crippen LogP contribution in [0.25, 0.3) is 0 Å². The number of aryl methyl sites for hydroxylation is 1. The van der Waals surface area contributed by atoms with Crippen molar-refractivity contribution in [1.29, 1.82) is 0 Å². The Bertz CT molecular complexity index is 479. The molecule has 1 rings (SSSR count). The highest BCUT2D eigenvalue weighted by molar-refractivity contribution is 4.89. The summed E-state index contributed by atoms with van der Waals surface area (Å²) < 4.78 is 2.31. The summed E-state index contributed by atoms with van der Waals surface area (Å²) in [7, 11) is 2.20. The quantitative estimate of drug-likeness (QED) is 0.131. The smallest absolute Gasteiger partial charge is 0.247 e. The molecule has 0 radical (unpaired) electrons. The Hall–Kier alpha value is -0.790. The minimum Gasteiger partial charge on any atom is -0.247 e. The average molecular weight is 434 g/mol. The second-order valence-electron chi connectivity index (χ2n) is 10.1. The Kier molecular flexibility index (Phi) is 19.2. The van der Waals surface area contributed by atoms with Crippen LogP contribution in [-0.2, 0) is 7.05 Å². The molecule has 0 aliphatic rings. The standard InChI is InChI=1S/C29H56N2/c1-4-6-8-10-11-12-13-14-15-16-17-18-19-21-23-25-28(24-22-20-9-7-5-2)29-30-26-27-31(29)3/h26-28H,4-25H2,1-3H3/p+1/t28-/m0/s1. The largest absolute Gasteiger partial charge is 0.257 e. The summed E-state index contributed by atoms with van der Waals surface area (Å²) in [5, 5.41) is 0. The van der Waals surface area contributed by atoms with E-state index in [0.717, 1.165) is 5.92 Å². The van der Waals surface area contributed by atoms with Gasteiger partial charge in [0.05, 0.1) is 13.0 Å². The molecule has 31 heavy (non-hydrogen) atoms. The molecular weight excluding hydrogens is 376 g/mol. The first kappa shape index (κ1) is 28.2. The van der Waals surface area contributed by atoms with Crippen molar-refractivity contribution in [3.63, 3.8) is 0 Å². The Labute approximate surface area is 196 Å². The van der Waals surface area contributed by atoms with Crippen LogP contribution in [0.15, 0.2) is 12.4 Å². The van der Waals surface area contributed by atoms with Crippen molar-refractivity contribution in [2.45, 2.75) is 161 Å². The van der Waals surface area contributed by atoms with Gasteiger partial charge < -0.3 is 0 Å². The van der Waals surface area contributed by atoms with E-state index in [2.05, 4.69) is 42.8 Å². The van der Waals surface area contributed by atoms with E-state index in [1.54, 1.807) is 0 Å². The van der Waals surface area contributed by atoms with E-state index in [-0.39, 0.29) is 0 Å². The Morgan fingerprint density at radius 2 is 0.935 bits per heavy atom. The van der Waals surface area contributed by atoms with Gasteiger partial charge in [-0.15, -0.1) is 0 Å². The minimum absolute atomic E-state index is 0.726. The molecule has 182 valence electrons. The summed E-state index contributed by atoms with van der Waals surface area (Å²) in [5.41, 5.74) is 0. The van der Waals surface area contributed by atoms with Gasteiger partial charge in [-0.1, -0.05) is 142 Å². The zero-order valence-corrected chi connectivity index (χ0v) is 21.7. The van der Waals surface area contributed by atoms with Gasteiger partial charge in [0.15, 0.2) is 0 Å². The van der Waals surface area contributed by atoms with Crippen molar-refractivity contribution in [3.8, 4) is 0 Å². The third-order valence-electron chi connectivity index (χ3n) is 7.11. The summed E-state index contributed by atoms with van der Waals surface area (Å²) in [6.45, 7) is 4.61. The molecule has 1 atom stereocenters. The summed E-state index contributed by atoms with van der Waals surface area (Å²) in [5.74, 6) is 2.17. The Morgan fingerprint density at radius 1 is 0.581 bits per heavy atom. The number of unbranched alkanes of at least 4 members (excludes halogenated alkanes) is 18. The number of aromatic nitrogens is 2. The maximum atomic E-state index is 3.52. The molecule has 0 aromatic carbocycles. The lowest BCUT2D eigenvalue weighted by atomic mass is 9.93. The number of rotatable bonds is 23. The molecule has 1 aromatic heterocycles. The van der Waals surface area contributed by atoms with E-state index >= 15 is 0 Å². The fourth-order valence-corrected chi connectivity index (χ4v) is 5.00. The lowest BCUT2D eigenvalue weighted by Gasteiger charge is -2.13. The zero-order valence-electron chi connectivity index (χ0n) is 21.7. The highest BCUT2D eigenvalue weighted by Gasteiger charge is 2.20.